The van der Waals surface area contributed by atoms with Gasteiger partial charge in [-0.15, -0.1) is 0 Å². The molecule has 1 heterocycles. The lowest BCUT2D eigenvalue weighted by atomic mass is 10.3. The van der Waals surface area contributed by atoms with Crippen molar-refractivity contribution in [1.82, 2.24) is 9.97 Å². The minimum absolute atomic E-state index is 0.0794. The molecule has 2 aromatic rings. The molecule has 1 aromatic carbocycles. The van der Waals surface area contributed by atoms with E-state index < -0.39 is 9.84 Å². The lowest BCUT2D eigenvalue weighted by Gasteiger charge is -2.11. The molecule has 1 aromatic heterocycles. The van der Waals surface area contributed by atoms with Crippen LogP contribution in [0, 0.1) is 6.92 Å². The molecule has 0 aliphatic heterocycles. The van der Waals surface area contributed by atoms with Crippen LogP contribution >= 0.6 is 0 Å². The topological polar surface area (TPSA) is 72.0 Å². The van der Waals surface area contributed by atoms with Crippen LogP contribution in [0.15, 0.2) is 41.6 Å². The van der Waals surface area contributed by atoms with Crippen molar-refractivity contribution in [2.45, 2.75) is 25.3 Å². The van der Waals surface area contributed by atoms with Gasteiger partial charge in [-0.1, -0.05) is 19.1 Å². The van der Waals surface area contributed by atoms with Crippen molar-refractivity contribution in [3.63, 3.8) is 0 Å². The third kappa shape index (κ3) is 3.33. The minimum Gasteiger partial charge on any atom is -0.378 e. The van der Waals surface area contributed by atoms with Crippen molar-refractivity contribution >= 4 is 15.5 Å². The van der Waals surface area contributed by atoms with Crippen molar-refractivity contribution in [2.75, 3.05) is 11.1 Å². The smallest absolute Gasteiger partial charge is 0.180 e. The van der Waals surface area contributed by atoms with Gasteiger partial charge in [0.25, 0.3) is 0 Å². The summed E-state index contributed by atoms with van der Waals surface area (Å²) < 4.78 is 24.0. The van der Waals surface area contributed by atoms with Crippen LogP contribution in [0.5, 0.6) is 0 Å². The highest BCUT2D eigenvalue weighted by atomic mass is 32.2. The molecule has 1 N–H and O–H groups in total. The average Bonchev–Trinajstić information content (AvgIpc) is 2.47. The molecule has 0 bridgehead atoms. The normalized spacial score (nSPS) is 11.3. The van der Waals surface area contributed by atoms with Gasteiger partial charge in [-0.2, -0.15) is 0 Å². The van der Waals surface area contributed by atoms with Crippen molar-refractivity contribution in [2.24, 2.45) is 0 Å². The molecule has 5 nitrogen and oxygen atoms in total. The van der Waals surface area contributed by atoms with Crippen LogP contribution in [0.25, 0.3) is 0 Å². The standard InChI is InChI=1S/C14H17N3O2S/c1-3-20(18,19)14-7-5-4-6-13(14)17-10-12-9-15-11(2)8-16-12/h4-9,17H,3,10H2,1-2H3. The summed E-state index contributed by atoms with van der Waals surface area (Å²) in [6.45, 7) is 3.94. The zero-order valence-electron chi connectivity index (χ0n) is 11.5. The summed E-state index contributed by atoms with van der Waals surface area (Å²) in [6, 6.07) is 6.89. The van der Waals surface area contributed by atoms with Crippen LogP contribution in [0.2, 0.25) is 0 Å². The first kappa shape index (κ1) is 14.5. The Labute approximate surface area is 119 Å². The second-order valence-corrected chi connectivity index (χ2v) is 6.65. The van der Waals surface area contributed by atoms with E-state index >= 15 is 0 Å². The van der Waals surface area contributed by atoms with Crippen molar-refractivity contribution < 1.29 is 8.42 Å². The van der Waals surface area contributed by atoms with Crippen LogP contribution in [0.1, 0.15) is 18.3 Å². The molecule has 106 valence electrons. The van der Waals surface area contributed by atoms with Gasteiger partial charge in [-0.3, -0.25) is 9.97 Å². The molecule has 0 radical (unpaired) electrons. The number of nitrogens with zero attached hydrogens (tertiary/aromatic N) is 2. The lowest BCUT2D eigenvalue weighted by Crippen LogP contribution is -2.09. The number of hydrogen-bond donors (Lipinski definition) is 1. The molecule has 0 atom stereocenters. The van der Waals surface area contributed by atoms with E-state index in [9.17, 15) is 8.42 Å². The molecule has 0 unspecified atom stereocenters. The Bertz CT molecular complexity index is 682. The number of sulfone groups is 1. The molecule has 0 saturated heterocycles. The molecule has 2 rings (SSSR count). The van der Waals surface area contributed by atoms with Gasteiger partial charge in [0.15, 0.2) is 9.84 Å². The van der Waals surface area contributed by atoms with E-state index in [1.165, 1.54) is 0 Å². The fourth-order valence-corrected chi connectivity index (χ4v) is 2.81. The molecular weight excluding hydrogens is 274 g/mol. The summed E-state index contributed by atoms with van der Waals surface area (Å²) in [5.41, 5.74) is 2.21. The molecular formula is C14H17N3O2S. The van der Waals surface area contributed by atoms with Crippen LogP contribution in [-0.4, -0.2) is 24.1 Å². The van der Waals surface area contributed by atoms with Crippen LogP contribution < -0.4 is 5.32 Å². The van der Waals surface area contributed by atoms with Gasteiger partial charge in [-0.25, -0.2) is 8.42 Å². The molecule has 0 aliphatic carbocycles. The Morgan fingerprint density at radius 3 is 2.55 bits per heavy atom. The van der Waals surface area contributed by atoms with Gasteiger partial charge < -0.3 is 5.32 Å². The Balaban J connectivity index is 2.20. The highest BCUT2D eigenvalue weighted by molar-refractivity contribution is 7.91. The second-order valence-electron chi connectivity index (χ2n) is 4.40. The maximum Gasteiger partial charge on any atom is 0.180 e. The van der Waals surface area contributed by atoms with E-state index in [2.05, 4.69) is 15.3 Å². The lowest BCUT2D eigenvalue weighted by molar-refractivity contribution is 0.597. The first-order chi connectivity index (χ1) is 9.53. The summed E-state index contributed by atoms with van der Waals surface area (Å²) in [5, 5.41) is 3.11. The summed E-state index contributed by atoms with van der Waals surface area (Å²) in [7, 11) is -3.24. The van der Waals surface area contributed by atoms with Crippen LogP contribution in [0.3, 0.4) is 0 Å². The zero-order chi connectivity index (χ0) is 14.6. The molecule has 6 heteroatoms. The predicted octanol–water partition coefficient (Wildman–Crippen LogP) is 2.19. The van der Waals surface area contributed by atoms with E-state index in [0.717, 1.165) is 11.4 Å². The van der Waals surface area contributed by atoms with Gasteiger partial charge in [0.1, 0.15) is 0 Å². The van der Waals surface area contributed by atoms with E-state index in [4.69, 9.17) is 0 Å². The summed E-state index contributed by atoms with van der Waals surface area (Å²) in [6.07, 6.45) is 3.37. The average molecular weight is 291 g/mol. The fourth-order valence-electron chi connectivity index (χ4n) is 1.74. The van der Waals surface area contributed by atoms with Gasteiger partial charge in [-0.05, 0) is 19.1 Å². The minimum atomic E-state index is -3.24. The van der Waals surface area contributed by atoms with Crippen molar-refractivity contribution in [3.8, 4) is 0 Å². The van der Waals surface area contributed by atoms with Crippen LogP contribution in [0.4, 0.5) is 5.69 Å². The summed E-state index contributed by atoms with van der Waals surface area (Å²) in [4.78, 5) is 8.71. The number of aromatic nitrogens is 2. The van der Waals surface area contributed by atoms with Crippen molar-refractivity contribution in [3.05, 3.63) is 48.0 Å². The summed E-state index contributed by atoms with van der Waals surface area (Å²) >= 11 is 0. The molecule has 20 heavy (non-hydrogen) atoms. The molecule has 0 fully saturated rings. The second kappa shape index (κ2) is 6.00. The Hall–Kier alpha value is -1.95. The van der Waals surface area contributed by atoms with E-state index in [1.807, 2.05) is 6.92 Å². The number of rotatable bonds is 5. The number of para-hydroxylation sites is 1. The van der Waals surface area contributed by atoms with E-state index in [1.54, 1.807) is 43.6 Å². The third-order valence-electron chi connectivity index (χ3n) is 2.90. The molecule has 0 amide bonds. The number of anilines is 1. The highest BCUT2D eigenvalue weighted by Gasteiger charge is 2.15. The van der Waals surface area contributed by atoms with Gasteiger partial charge in [0.2, 0.25) is 0 Å². The first-order valence-corrected chi connectivity index (χ1v) is 8.01. The Morgan fingerprint density at radius 2 is 1.90 bits per heavy atom. The highest BCUT2D eigenvalue weighted by Crippen LogP contribution is 2.22. The maximum atomic E-state index is 12.0. The largest absolute Gasteiger partial charge is 0.378 e. The zero-order valence-corrected chi connectivity index (χ0v) is 12.3. The number of nitrogens with one attached hydrogen (secondary N) is 1. The van der Waals surface area contributed by atoms with Gasteiger partial charge in [0, 0.05) is 6.20 Å². The number of benzene rings is 1. The number of hydrogen-bond acceptors (Lipinski definition) is 5. The summed E-state index contributed by atoms with van der Waals surface area (Å²) in [5.74, 6) is 0.0794. The molecule has 0 spiro atoms. The third-order valence-corrected chi connectivity index (χ3v) is 4.68. The Kier molecular flexibility index (Phi) is 4.34. The quantitative estimate of drug-likeness (QED) is 0.914. The molecule has 0 saturated carbocycles. The van der Waals surface area contributed by atoms with Gasteiger partial charge >= 0.3 is 0 Å². The Morgan fingerprint density at radius 1 is 1.15 bits per heavy atom. The predicted molar refractivity (Wildman–Crippen MR) is 78.3 cm³/mol. The van der Waals surface area contributed by atoms with Gasteiger partial charge in [0.05, 0.1) is 40.5 Å². The van der Waals surface area contributed by atoms with Crippen molar-refractivity contribution in [1.29, 1.82) is 0 Å². The van der Waals surface area contributed by atoms with Crippen LogP contribution in [-0.2, 0) is 16.4 Å². The monoisotopic (exact) mass is 291 g/mol. The van der Waals surface area contributed by atoms with E-state index in [-0.39, 0.29) is 5.75 Å². The maximum absolute atomic E-state index is 12.0. The molecule has 0 aliphatic rings. The van der Waals surface area contributed by atoms with E-state index in [0.29, 0.717) is 17.1 Å². The number of aryl methyl sites for hydroxylation is 1. The first-order valence-electron chi connectivity index (χ1n) is 6.36. The fraction of sp³-hybridized carbons (Fsp3) is 0.286. The SMILES string of the molecule is CCS(=O)(=O)c1ccccc1NCc1cnc(C)cn1.